The lowest BCUT2D eigenvalue weighted by molar-refractivity contribution is -0.122. The van der Waals surface area contributed by atoms with Crippen molar-refractivity contribution in [2.75, 3.05) is 0 Å². The second-order valence-corrected chi connectivity index (χ2v) is 4.50. The van der Waals surface area contributed by atoms with Crippen LogP contribution in [0.15, 0.2) is 0 Å². The van der Waals surface area contributed by atoms with Crippen molar-refractivity contribution in [2.24, 2.45) is 17.8 Å². The zero-order valence-electron chi connectivity index (χ0n) is 9.71. The number of carbonyl (C=O) groups excluding carboxylic acids is 1. The summed E-state index contributed by atoms with van der Waals surface area (Å²) in [6.07, 6.45) is 2.26. The summed E-state index contributed by atoms with van der Waals surface area (Å²) in [5.41, 5.74) is 0. The average Bonchev–Trinajstić information content (AvgIpc) is 2.13. The third-order valence-electron chi connectivity index (χ3n) is 2.50. The summed E-state index contributed by atoms with van der Waals surface area (Å²) < 4.78 is 0. The number of ketones is 1. The van der Waals surface area contributed by atoms with Gasteiger partial charge in [0.1, 0.15) is 11.7 Å². The predicted molar refractivity (Wildman–Crippen MR) is 57.6 cm³/mol. The van der Waals surface area contributed by atoms with Crippen LogP contribution in [0.3, 0.4) is 0 Å². The Morgan fingerprint density at radius 3 is 2.29 bits per heavy atom. The van der Waals surface area contributed by atoms with E-state index in [1.165, 1.54) is 0 Å². The molecule has 0 aromatic carbocycles. The predicted octanol–water partition coefficient (Wildman–Crippen LogP) is 3.18. The highest BCUT2D eigenvalue weighted by Crippen LogP contribution is 2.17. The van der Waals surface area contributed by atoms with Gasteiger partial charge in [-0.3, -0.25) is 4.79 Å². The van der Waals surface area contributed by atoms with E-state index in [4.69, 9.17) is 5.26 Å². The molecule has 0 rings (SSSR count). The molecule has 0 aromatic heterocycles. The minimum absolute atomic E-state index is 0.121. The summed E-state index contributed by atoms with van der Waals surface area (Å²) in [6.45, 7) is 8.21. The first-order chi connectivity index (χ1) is 6.51. The van der Waals surface area contributed by atoms with Gasteiger partial charge in [-0.1, -0.05) is 34.1 Å². The normalized spacial score (nSPS) is 14.9. The van der Waals surface area contributed by atoms with E-state index in [0.717, 1.165) is 6.42 Å². The molecule has 2 unspecified atom stereocenters. The van der Waals surface area contributed by atoms with Crippen molar-refractivity contribution in [2.45, 2.75) is 47.0 Å². The summed E-state index contributed by atoms with van der Waals surface area (Å²) in [7, 11) is 0. The van der Waals surface area contributed by atoms with E-state index >= 15 is 0 Å². The standard InChI is InChI=1S/C12H21NO/c1-5-10(4)7-12(14)11(8-13)6-9(2)3/h9-11H,5-7H2,1-4H3. The number of Topliss-reactive ketones (excluding diaryl/α,β-unsaturated/α-hetero) is 1. The van der Waals surface area contributed by atoms with Gasteiger partial charge in [-0.05, 0) is 18.3 Å². The van der Waals surface area contributed by atoms with Gasteiger partial charge >= 0.3 is 0 Å². The lowest BCUT2D eigenvalue weighted by atomic mass is 9.89. The summed E-state index contributed by atoms with van der Waals surface area (Å²) >= 11 is 0. The molecule has 0 bridgehead atoms. The zero-order chi connectivity index (χ0) is 11.1. The molecule has 0 amide bonds. The highest BCUT2D eigenvalue weighted by Gasteiger charge is 2.20. The van der Waals surface area contributed by atoms with E-state index in [1.54, 1.807) is 0 Å². The van der Waals surface area contributed by atoms with E-state index in [9.17, 15) is 4.79 Å². The number of hydrogen-bond donors (Lipinski definition) is 0. The lowest BCUT2D eigenvalue weighted by Crippen LogP contribution is -2.17. The maximum Gasteiger partial charge on any atom is 0.150 e. The molecule has 2 heteroatoms. The molecular weight excluding hydrogens is 174 g/mol. The number of rotatable bonds is 6. The fraction of sp³-hybridized carbons (Fsp3) is 0.833. The second kappa shape index (κ2) is 6.59. The van der Waals surface area contributed by atoms with E-state index in [-0.39, 0.29) is 11.7 Å². The fourth-order valence-electron chi connectivity index (χ4n) is 1.36. The molecule has 0 N–H and O–H groups in total. The minimum atomic E-state index is -0.385. The van der Waals surface area contributed by atoms with Crippen molar-refractivity contribution in [3.63, 3.8) is 0 Å². The van der Waals surface area contributed by atoms with Crippen molar-refractivity contribution in [3.05, 3.63) is 0 Å². The molecule has 0 saturated heterocycles. The van der Waals surface area contributed by atoms with Gasteiger partial charge in [0.25, 0.3) is 0 Å². The number of nitriles is 1. The van der Waals surface area contributed by atoms with Crippen molar-refractivity contribution < 1.29 is 4.79 Å². The Kier molecular flexibility index (Phi) is 6.19. The van der Waals surface area contributed by atoms with Crippen LogP contribution in [0.5, 0.6) is 0 Å². The van der Waals surface area contributed by atoms with E-state index in [1.807, 2.05) is 13.8 Å². The summed E-state index contributed by atoms with van der Waals surface area (Å²) in [5.74, 6) is 0.561. The van der Waals surface area contributed by atoms with Crippen LogP contribution in [0.4, 0.5) is 0 Å². The quantitative estimate of drug-likeness (QED) is 0.653. The molecule has 80 valence electrons. The van der Waals surface area contributed by atoms with Gasteiger partial charge < -0.3 is 0 Å². The Labute approximate surface area is 87.3 Å². The van der Waals surface area contributed by atoms with Crippen LogP contribution >= 0.6 is 0 Å². The van der Waals surface area contributed by atoms with Gasteiger partial charge in [0, 0.05) is 6.42 Å². The van der Waals surface area contributed by atoms with Crippen molar-refractivity contribution in [3.8, 4) is 6.07 Å². The Morgan fingerprint density at radius 2 is 1.93 bits per heavy atom. The van der Waals surface area contributed by atoms with Crippen LogP contribution in [0, 0.1) is 29.1 Å². The molecule has 2 nitrogen and oxygen atoms in total. The molecule has 0 heterocycles. The Morgan fingerprint density at radius 1 is 1.36 bits per heavy atom. The molecule has 0 spiro atoms. The van der Waals surface area contributed by atoms with Gasteiger partial charge in [-0.2, -0.15) is 5.26 Å². The molecule has 0 radical (unpaired) electrons. The van der Waals surface area contributed by atoms with Gasteiger partial charge in [-0.15, -0.1) is 0 Å². The Balaban J connectivity index is 4.13. The van der Waals surface area contributed by atoms with Gasteiger partial charge in [0.2, 0.25) is 0 Å². The SMILES string of the molecule is CCC(C)CC(=O)C(C#N)CC(C)C. The Bertz CT molecular complexity index is 215. The molecule has 0 aliphatic heterocycles. The first-order valence-corrected chi connectivity index (χ1v) is 5.43. The average molecular weight is 195 g/mol. The molecule has 0 aromatic rings. The molecule has 14 heavy (non-hydrogen) atoms. The number of carbonyl (C=O) groups is 1. The maximum atomic E-state index is 11.7. The minimum Gasteiger partial charge on any atom is -0.298 e. The summed E-state index contributed by atoms with van der Waals surface area (Å²) in [5, 5.41) is 8.86. The van der Waals surface area contributed by atoms with Crippen molar-refractivity contribution >= 4 is 5.78 Å². The topological polar surface area (TPSA) is 40.9 Å². The molecule has 0 aliphatic rings. The van der Waals surface area contributed by atoms with Crippen LogP contribution in [0.2, 0.25) is 0 Å². The van der Waals surface area contributed by atoms with Crippen molar-refractivity contribution in [1.82, 2.24) is 0 Å². The molecule has 0 aliphatic carbocycles. The molecule has 0 saturated carbocycles. The first-order valence-electron chi connectivity index (χ1n) is 5.43. The van der Waals surface area contributed by atoms with Crippen molar-refractivity contribution in [1.29, 1.82) is 5.26 Å². The summed E-state index contributed by atoms with van der Waals surface area (Å²) in [6, 6.07) is 2.11. The molecule has 0 fully saturated rings. The highest BCUT2D eigenvalue weighted by molar-refractivity contribution is 5.83. The first kappa shape index (κ1) is 13.2. The van der Waals surface area contributed by atoms with Crippen LogP contribution in [-0.4, -0.2) is 5.78 Å². The third kappa shape index (κ3) is 5.01. The van der Waals surface area contributed by atoms with E-state index < -0.39 is 0 Å². The largest absolute Gasteiger partial charge is 0.298 e. The van der Waals surface area contributed by atoms with Gasteiger partial charge in [0.15, 0.2) is 0 Å². The van der Waals surface area contributed by atoms with E-state index in [2.05, 4.69) is 19.9 Å². The third-order valence-corrected chi connectivity index (χ3v) is 2.50. The smallest absolute Gasteiger partial charge is 0.150 e. The van der Waals surface area contributed by atoms with E-state index in [0.29, 0.717) is 24.7 Å². The van der Waals surface area contributed by atoms with Gasteiger partial charge in [0.05, 0.1) is 6.07 Å². The Hall–Kier alpha value is -0.840. The van der Waals surface area contributed by atoms with Crippen LogP contribution in [-0.2, 0) is 4.79 Å². The van der Waals surface area contributed by atoms with Crippen LogP contribution in [0.25, 0.3) is 0 Å². The lowest BCUT2D eigenvalue weighted by Gasteiger charge is -2.13. The number of nitrogens with zero attached hydrogens (tertiary/aromatic N) is 1. The van der Waals surface area contributed by atoms with Gasteiger partial charge in [-0.25, -0.2) is 0 Å². The van der Waals surface area contributed by atoms with Crippen LogP contribution in [0.1, 0.15) is 47.0 Å². The summed E-state index contributed by atoms with van der Waals surface area (Å²) in [4.78, 5) is 11.7. The van der Waals surface area contributed by atoms with Crippen LogP contribution < -0.4 is 0 Å². The monoisotopic (exact) mass is 195 g/mol. The second-order valence-electron chi connectivity index (χ2n) is 4.50. The molecular formula is C12H21NO. The highest BCUT2D eigenvalue weighted by atomic mass is 16.1. The fourth-order valence-corrected chi connectivity index (χ4v) is 1.36. The molecule has 2 atom stereocenters. The maximum absolute atomic E-state index is 11.7. The zero-order valence-corrected chi connectivity index (χ0v) is 9.71. The number of hydrogen-bond acceptors (Lipinski definition) is 2.